The van der Waals surface area contributed by atoms with Crippen molar-refractivity contribution in [1.29, 1.82) is 10.5 Å². The quantitative estimate of drug-likeness (QED) is 0.714. The number of fused-ring (bicyclic) bond motifs is 1. The van der Waals surface area contributed by atoms with Crippen molar-refractivity contribution in [2.75, 3.05) is 0 Å². The van der Waals surface area contributed by atoms with Crippen molar-refractivity contribution in [3.8, 4) is 24.0 Å². The number of nitriles is 2. The zero-order valence-corrected chi connectivity index (χ0v) is 8.18. The average Bonchev–Trinajstić information content (AvgIpc) is 2.33. The molecule has 0 aromatic heterocycles. The Balaban J connectivity index is 2.69. The Bertz CT molecular complexity index is 554. The SMILES string of the molecule is N#COc1ccc(OC#N)c2ccccc12. The van der Waals surface area contributed by atoms with Crippen LogP contribution in [-0.2, 0) is 0 Å². The molecule has 4 nitrogen and oxygen atoms in total. The van der Waals surface area contributed by atoms with Gasteiger partial charge in [-0.1, -0.05) is 24.3 Å². The van der Waals surface area contributed by atoms with Crippen LogP contribution < -0.4 is 9.47 Å². The molecule has 0 atom stereocenters. The second-order valence-electron chi connectivity index (χ2n) is 2.99. The van der Waals surface area contributed by atoms with Crippen LogP contribution in [0.15, 0.2) is 36.4 Å². The minimum atomic E-state index is 0.448. The number of hydrogen-bond acceptors (Lipinski definition) is 4. The highest BCUT2D eigenvalue weighted by Crippen LogP contribution is 2.32. The highest BCUT2D eigenvalue weighted by atomic mass is 16.5. The van der Waals surface area contributed by atoms with E-state index < -0.39 is 0 Å². The van der Waals surface area contributed by atoms with Gasteiger partial charge in [-0.2, -0.15) is 0 Å². The first-order valence-electron chi connectivity index (χ1n) is 4.50. The largest absolute Gasteiger partial charge is 0.387 e. The Morgan fingerprint density at radius 2 is 1.19 bits per heavy atom. The van der Waals surface area contributed by atoms with Crippen LogP contribution in [-0.4, -0.2) is 0 Å². The molecule has 0 fully saturated rings. The smallest absolute Gasteiger partial charge is 0.292 e. The summed E-state index contributed by atoms with van der Waals surface area (Å²) in [6, 6.07) is 10.4. The fourth-order valence-electron chi connectivity index (χ4n) is 1.52. The Hall–Kier alpha value is -2.72. The zero-order chi connectivity index (χ0) is 11.4. The fourth-order valence-corrected chi connectivity index (χ4v) is 1.52. The molecule has 0 spiro atoms. The summed E-state index contributed by atoms with van der Waals surface area (Å²) in [5, 5.41) is 18.5. The molecule has 0 N–H and O–H groups in total. The molecule has 0 aliphatic rings. The monoisotopic (exact) mass is 210 g/mol. The van der Waals surface area contributed by atoms with E-state index >= 15 is 0 Å². The lowest BCUT2D eigenvalue weighted by Gasteiger charge is -2.05. The average molecular weight is 210 g/mol. The van der Waals surface area contributed by atoms with Gasteiger partial charge in [0.15, 0.2) is 0 Å². The Morgan fingerprint density at radius 3 is 1.56 bits per heavy atom. The molecule has 0 bridgehead atoms. The third kappa shape index (κ3) is 1.60. The van der Waals surface area contributed by atoms with Crippen molar-refractivity contribution in [1.82, 2.24) is 0 Å². The van der Waals surface area contributed by atoms with Gasteiger partial charge in [-0.25, -0.2) is 0 Å². The topological polar surface area (TPSA) is 66.0 Å². The standard InChI is InChI=1S/C12H6N2O2/c13-7-15-11-5-6-12(16-8-14)10-4-2-1-3-9(10)11/h1-6H. The van der Waals surface area contributed by atoms with Crippen molar-refractivity contribution >= 4 is 10.8 Å². The summed E-state index contributed by atoms with van der Waals surface area (Å²) in [7, 11) is 0. The Morgan fingerprint density at radius 1 is 0.750 bits per heavy atom. The summed E-state index contributed by atoms with van der Waals surface area (Å²) in [5.74, 6) is 0.895. The van der Waals surface area contributed by atoms with E-state index in [9.17, 15) is 0 Å². The summed E-state index contributed by atoms with van der Waals surface area (Å²) in [5.41, 5.74) is 0. The van der Waals surface area contributed by atoms with Gasteiger partial charge in [-0.15, -0.1) is 10.5 Å². The summed E-state index contributed by atoms with van der Waals surface area (Å²) in [6.45, 7) is 0. The number of ether oxygens (including phenoxy) is 2. The highest BCUT2D eigenvalue weighted by Gasteiger charge is 2.07. The maximum Gasteiger partial charge on any atom is 0.292 e. The summed E-state index contributed by atoms with van der Waals surface area (Å²) >= 11 is 0. The van der Waals surface area contributed by atoms with E-state index in [4.69, 9.17) is 20.0 Å². The first kappa shape index (κ1) is 9.82. The molecular formula is C12H6N2O2. The van der Waals surface area contributed by atoms with Gasteiger partial charge in [0, 0.05) is 10.8 Å². The molecule has 2 aromatic rings. The molecule has 0 unspecified atom stereocenters. The molecule has 76 valence electrons. The van der Waals surface area contributed by atoms with E-state index in [0.29, 0.717) is 11.5 Å². The number of rotatable bonds is 2. The molecule has 2 rings (SSSR count). The third-order valence-electron chi connectivity index (χ3n) is 2.16. The van der Waals surface area contributed by atoms with Gasteiger partial charge in [-0.3, -0.25) is 0 Å². The van der Waals surface area contributed by atoms with Crippen molar-refractivity contribution in [3.05, 3.63) is 36.4 Å². The third-order valence-corrected chi connectivity index (χ3v) is 2.16. The highest BCUT2D eigenvalue weighted by molar-refractivity contribution is 5.93. The number of hydrogen-bond donors (Lipinski definition) is 0. The van der Waals surface area contributed by atoms with Crippen LogP contribution in [0.5, 0.6) is 11.5 Å². The van der Waals surface area contributed by atoms with Crippen LogP contribution in [0.1, 0.15) is 0 Å². The number of benzene rings is 2. The molecular weight excluding hydrogens is 204 g/mol. The zero-order valence-electron chi connectivity index (χ0n) is 8.18. The van der Waals surface area contributed by atoms with Gasteiger partial charge in [0.25, 0.3) is 12.5 Å². The summed E-state index contributed by atoms with van der Waals surface area (Å²) in [4.78, 5) is 0. The lowest BCUT2D eigenvalue weighted by molar-refractivity contribution is 0.502. The van der Waals surface area contributed by atoms with Crippen LogP contribution >= 0.6 is 0 Å². The van der Waals surface area contributed by atoms with E-state index in [-0.39, 0.29) is 0 Å². The van der Waals surface area contributed by atoms with Crippen molar-refractivity contribution in [2.45, 2.75) is 0 Å². The molecule has 0 heterocycles. The molecule has 0 saturated carbocycles. The van der Waals surface area contributed by atoms with Crippen molar-refractivity contribution < 1.29 is 9.47 Å². The minimum Gasteiger partial charge on any atom is -0.387 e. The Labute approximate surface area is 91.9 Å². The van der Waals surface area contributed by atoms with Crippen molar-refractivity contribution in [3.63, 3.8) is 0 Å². The van der Waals surface area contributed by atoms with Gasteiger partial charge >= 0.3 is 0 Å². The van der Waals surface area contributed by atoms with E-state index in [2.05, 4.69) is 0 Å². The first-order valence-corrected chi connectivity index (χ1v) is 4.50. The lowest BCUT2D eigenvalue weighted by atomic mass is 10.1. The Kier molecular flexibility index (Phi) is 2.58. The second-order valence-corrected chi connectivity index (χ2v) is 2.99. The maximum atomic E-state index is 8.50. The minimum absolute atomic E-state index is 0.448. The van der Waals surface area contributed by atoms with Crippen LogP contribution in [0.3, 0.4) is 0 Å². The second kappa shape index (κ2) is 4.20. The van der Waals surface area contributed by atoms with Gasteiger partial charge in [0.05, 0.1) is 0 Å². The van der Waals surface area contributed by atoms with E-state index in [1.165, 1.54) is 0 Å². The van der Waals surface area contributed by atoms with Crippen LogP contribution in [0.2, 0.25) is 0 Å². The number of nitrogens with zero attached hydrogens (tertiary/aromatic N) is 2. The predicted molar refractivity (Wildman–Crippen MR) is 56.4 cm³/mol. The van der Waals surface area contributed by atoms with E-state index in [1.54, 1.807) is 36.8 Å². The molecule has 0 radical (unpaired) electrons. The lowest BCUT2D eigenvalue weighted by Crippen LogP contribution is -1.88. The van der Waals surface area contributed by atoms with Gasteiger partial charge in [0.1, 0.15) is 11.5 Å². The molecule has 4 heteroatoms. The van der Waals surface area contributed by atoms with Gasteiger partial charge in [-0.05, 0) is 12.1 Å². The maximum absolute atomic E-state index is 8.50. The van der Waals surface area contributed by atoms with E-state index in [0.717, 1.165) is 10.8 Å². The van der Waals surface area contributed by atoms with E-state index in [1.807, 2.05) is 12.1 Å². The predicted octanol–water partition coefficient (Wildman–Crippen LogP) is 2.56. The summed E-state index contributed by atoms with van der Waals surface area (Å²) < 4.78 is 9.64. The molecule has 0 aliphatic heterocycles. The fraction of sp³-hybridized carbons (Fsp3) is 0. The van der Waals surface area contributed by atoms with Crippen molar-refractivity contribution in [2.24, 2.45) is 0 Å². The summed E-state index contributed by atoms with van der Waals surface area (Å²) in [6.07, 6.45) is 3.24. The molecule has 16 heavy (non-hydrogen) atoms. The normalized spacial score (nSPS) is 9.12. The molecule has 0 saturated heterocycles. The molecule has 0 amide bonds. The first-order chi connectivity index (χ1) is 7.86. The van der Waals surface area contributed by atoms with Crippen LogP contribution in [0, 0.1) is 23.0 Å². The molecule has 2 aromatic carbocycles. The van der Waals surface area contributed by atoms with Crippen LogP contribution in [0.25, 0.3) is 10.8 Å². The van der Waals surface area contributed by atoms with Gasteiger partial charge in [0.2, 0.25) is 0 Å². The van der Waals surface area contributed by atoms with Gasteiger partial charge < -0.3 is 9.47 Å². The molecule has 0 aliphatic carbocycles. The van der Waals surface area contributed by atoms with Crippen LogP contribution in [0.4, 0.5) is 0 Å².